The van der Waals surface area contributed by atoms with Crippen LogP contribution in [0.4, 0.5) is 0 Å². The molecule has 0 saturated carbocycles. The summed E-state index contributed by atoms with van der Waals surface area (Å²) >= 11 is 0. The average Bonchev–Trinajstić information content (AvgIpc) is 2.97. The number of carbonyl (C=O) groups is 1. The second-order valence-corrected chi connectivity index (χ2v) is 3.42. The summed E-state index contributed by atoms with van der Waals surface area (Å²) in [4.78, 5) is 11.7. The van der Waals surface area contributed by atoms with Crippen molar-refractivity contribution >= 4 is 5.91 Å². The third kappa shape index (κ3) is 2.94. The number of carbonyl (C=O) groups excluding carboxylic acids is 1. The zero-order valence-electron chi connectivity index (χ0n) is 9.42. The van der Waals surface area contributed by atoms with Gasteiger partial charge in [0.25, 0.3) is 5.91 Å². The van der Waals surface area contributed by atoms with Crippen molar-refractivity contribution in [3.8, 4) is 0 Å². The lowest BCUT2D eigenvalue weighted by Crippen LogP contribution is -2.23. The SMILES string of the molecule is COCn1ccc(C(=O)NCc2ccco2)n1. The van der Waals surface area contributed by atoms with Crippen LogP contribution in [0.1, 0.15) is 16.2 Å². The fourth-order valence-corrected chi connectivity index (χ4v) is 1.36. The van der Waals surface area contributed by atoms with E-state index in [1.807, 2.05) is 0 Å². The third-order valence-corrected chi connectivity index (χ3v) is 2.14. The van der Waals surface area contributed by atoms with Crippen LogP contribution >= 0.6 is 0 Å². The van der Waals surface area contributed by atoms with Gasteiger partial charge < -0.3 is 14.5 Å². The Kier molecular flexibility index (Phi) is 3.56. The number of nitrogens with one attached hydrogen (secondary N) is 1. The van der Waals surface area contributed by atoms with Gasteiger partial charge in [0.05, 0.1) is 12.8 Å². The minimum absolute atomic E-state index is 0.240. The number of ether oxygens (including phenoxy) is 1. The molecule has 0 bridgehead atoms. The van der Waals surface area contributed by atoms with Crippen LogP contribution in [0.25, 0.3) is 0 Å². The summed E-state index contributed by atoms with van der Waals surface area (Å²) in [6, 6.07) is 5.20. The summed E-state index contributed by atoms with van der Waals surface area (Å²) in [5, 5.41) is 6.76. The Labute approximate surface area is 98.2 Å². The van der Waals surface area contributed by atoms with Crippen LogP contribution in [0.2, 0.25) is 0 Å². The van der Waals surface area contributed by atoms with Crippen LogP contribution in [0.15, 0.2) is 35.1 Å². The Morgan fingerprint density at radius 3 is 3.18 bits per heavy atom. The zero-order chi connectivity index (χ0) is 12.1. The molecule has 1 amide bonds. The maximum absolute atomic E-state index is 11.7. The summed E-state index contributed by atoms with van der Waals surface area (Å²) < 4.78 is 11.5. The van der Waals surface area contributed by atoms with E-state index in [-0.39, 0.29) is 5.91 Å². The first-order chi connectivity index (χ1) is 8.29. The summed E-state index contributed by atoms with van der Waals surface area (Å²) in [6.45, 7) is 0.675. The molecule has 0 aromatic carbocycles. The average molecular weight is 235 g/mol. The highest BCUT2D eigenvalue weighted by atomic mass is 16.5. The Balaban J connectivity index is 1.90. The second kappa shape index (κ2) is 5.31. The molecular formula is C11H13N3O3. The van der Waals surface area contributed by atoms with E-state index < -0.39 is 0 Å². The fourth-order valence-electron chi connectivity index (χ4n) is 1.36. The maximum Gasteiger partial charge on any atom is 0.272 e. The number of furan rings is 1. The maximum atomic E-state index is 11.7. The van der Waals surface area contributed by atoms with Crippen LogP contribution in [-0.2, 0) is 18.0 Å². The van der Waals surface area contributed by atoms with Gasteiger partial charge in [-0.2, -0.15) is 5.10 Å². The predicted molar refractivity (Wildman–Crippen MR) is 59.1 cm³/mol. The van der Waals surface area contributed by atoms with Crippen LogP contribution < -0.4 is 5.32 Å². The molecule has 0 unspecified atom stereocenters. The van der Waals surface area contributed by atoms with Gasteiger partial charge in [0.2, 0.25) is 0 Å². The van der Waals surface area contributed by atoms with Crippen LogP contribution in [-0.4, -0.2) is 22.8 Å². The molecule has 0 aliphatic rings. The van der Waals surface area contributed by atoms with Gasteiger partial charge in [-0.25, -0.2) is 4.68 Å². The topological polar surface area (TPSA) is 69.3 Å². The van der Waals surface area contributed by atoms with Crippen molar-refractivity contribution in [2.24, 2.45) is 0 Å². The number of aromatic nitrogens is 2. The van der Waals surface area contributed by atoms with Gasteiger partial charge in [-0.15, -0.1) is 0 Å². The highest BCUT2D eigenvalue weighted by molar-refractivity contribution is 5.92. The molecule has 2 aromatic rings. The number of amides is 1. The first-order valence-corrected chi connectivity index (χ1v) is 5.12. The Hall–Kier alpha value is -2.08. The van der Waals surface area contributed by atoms with Gasteiger partial charge in [0, 0.05) is 13.3 Å². The number of rotatable bonds is 5. The molecule has 6 nitrogen and oxygen atoms in total. The summed E-state index contributed by atoms with van der Waals surface area (Å²) in [5.41, 5.74) is 0.355. The van der Waals surface area contributed by atoms with E-state index >= 15 is 0 Å². The molecule has 0 saturated heterocycles. The van der Waals surface area contributed by atoms with Crippen LogP contribution in [0, 0.1) is 0 Å². The lowest BCUT2D eigenvalue weighted by atomic mass is 10.4. The van der Waals surface area contributed by atoms with E-state index in [2.05, 4.69) is 10.4 Å². The van der Waals surface area contributed by atoms with E-state index in [0.29, 0.717) is 24.7 Å². The molecule has 0 fully saturated rings. The van der Waals surface area contributed by atoms with Crippen LogP contribution in [0.3, 0.4) is 0 Å². The van der Waals surface area contributed by atoms with Crippen molar-refractivity contribution in [3.05, 3.63) is 42.1 Å². The van der Waals surface area contributed by atoms with Gasteiger partial charge >= 0.3 is 0 Å². The van der Waals surface area contributed by atoms with Crippen molar-refractivity contribution in [2.45, 2.75) is 13.3 Å². The standard InChI is InChI=1S/C11H13N3O3/c1-16-8-14-5-4-10(13-14)11(15)12-7-9-3-2-6-17-9/h2-6H,7-8H2,1H3,(H,12,15). The van der Waals surface area contributed by atoms with Gasteiger partial charge in [0.15, 0.2) is 0 Å². The van der Waals surface area contributed by atoms with E-state index in [9.17, 15) is 4.79 Å². The van der Waals surface area contributed by atoms with Crippen molar-refractivity contribution in [3.63, 3.8) is 0 Å². The quantitative estimate of drug-likeness (QED) is 0.839. The molecule has 17 heavy (non-hydrogen) atoms. The van der Waals surface area contributed by atoms with E-state index in [1.165, 1.54) is 0 Å². The number of methoxy groups -OCH3 is 1. The summed E-state index contributed by atoms with van der Waals surface area (Å²) in [7, 11) is 1.57. The molecule has 0 aliphatic carbocycles. The number of hydrogen-bond acceptors (Lipinski definition) is 4. The molecule has 1 N–H and O–H groups in total. The summed E-state index contributed by atoms with van der Waals surface area (Å²) in [6.07, 6.45) is 3.25. The van der Waals surface area contributed by atoms with Crippen molar-refractivity contribution in [1.82, 2.24) is 15.1 Å². The fraction of sp³-hybridized carbons (Fsp3) is 0.273. The Morgan fingerprint density at radius 2 is 2.47 bits per heavy atom. The first kappa shape index (κ1) is 11.4. The van der Waals surface area contributed by atoms with Crippen molar-refractivity contribution in [2.75, 3.05) is 7.11 Å². The molecule has 0 radical (unpaired) electrons. The zero-order valence-corrected chi connectivity index (χ0v) is 9.42. The monoisotopic (exact) mass is 235 g/mol. The second-order valence-electron chi connectivity index (χ2n) is 3.42. The van der Waals surface area contributed by atoms with Gasteiger partial charge in [-0.3, -0.25) is 4.79 Å². The van der Waals surface area contributed by atoms with Gasteiger partial charge in [0.1, 0.15) is 18.2 Å². The van der Waals surface area contributed by atoms with Gasteiger partial charge in [-0.05, 0) is 18.2 Å². The smallest absolute Gasteiger partial charge is 0.272 e. The molecule has 90 valence electrons. The van der Waals surface area contributed by atoms with E-state index in [4.69, 9.17) is 9.15 Å². The predicted octanol–water partition coefficient (Wildman–Crippen LogP) is 1.01. The van der Waals surface area contributed by atoms with E-state index in [1.54, 1.807) is 42.5 Å². The molecule has 2 rings (SSSR count). The van der Waals surface area contributed by atoms with Crippen LogP contribution in [0.5, 0.6) is 0 Å². The van der Waals surface area contributed by atoms with E-state index in [0.717, 1.165) is 0 Å². The highest BCUT2D eigenvalue weighted by Crippen LogP contribution is 2.00. The Morgan fingerprint density at radius 1 is 1.59 bits per heavy atom. The van der Waals surface area contributed by atoms with Crippen molar-refractivity contribution in [1.29, 1.82) is 0 Å². The number of hydrogen-bond donors (Lipinski definition) is 1. The lowest BCUT2D eigenvalue weighted by molar-refractivity contribution is 0.0935. The highest BCUT2D eigenvalue weighted by Gasteiger charge is 2.09. The normalized spacial score (nSPS) is 10.4. The van der Waals surface area contributed by atoms with Crippen molar-refractivity contribution < 1.29 is 13.9 Å². The molecule has 0 atom stereocenters. The molecular weight excluding hydrogens is 222 g/mol. The largest absolute Gasteiger partial charge is 0.467 e. The lowest BCUT2D eigenvalue weighted by Gasteiger charge is -2.00. The minimum Gasteiger partial charge on any atom is -0.467 e. The minimum atomic E-state index is -0.240. The third-order valence-electron chi connectivity index (χ3n) is 2.14. The summed E-state index contributed by atoms with van der Waals surface area (Å²) in [5.74, 6) is 0.464. The van der Waals surface area contributed by atoms with Gasteiger partial charge in [-0.1, -0.05) is 0 Å². The molecule has 0 aliphatic heterocycles. The molecule has 2 aromatic heterocycles. The molecule has 6 heteroatoms. The molecule has 0 spiro atoms. The first-order valence-electron chi connectivity index (χ1n) is 5.12. The molecule has 2 heterocycles. The number of nitrogens with zero attached hydrogens (tertiary/aromatic N) is 2. The Bertz CT molecular complexity index is 476.